The van der Waals surface area contributed by atoms with Crippen LogP contribution < -0.4 is 5.32 Å². The molecule has 0 amide bonds. The third-order valence-corrected chi connectivity index (χ3v) is 5.65. The predicted molar refractivity (Wildman–Crippen MR) is 107 cm³/mol. The van der Waals surface area contributed by atoms with Gasteiger partial charge in [-0.15, -0.1) is 0 Å². The molecule has 3 rings (SSSR count). The van der Waals surface area contributed by atoms with Crippen molar-refractivity contribution in [2.75, 3.05) is 25.1 Å². The summed E-state index contributed by atoms with van der Waals surface area (Å²) in [6.45, 7) is 7.51. The molecule has 1 heterocycles. The second-order valence-electron chi connectivity index (χ2n) is 7.00. The van der Waals surface area contributed by atoms with Gasteiger partial charge in [0.25, 0.3) is 0 Å². The first-order chi connectivity index (χ1) is 12.0. The highest BCUT2D eigenvalue weighted by Gasteiger charge is 2.12. The standard InChI is InChI=1S/C21H26BrFN2/c1-15-12-20(24-14-25-9-4-3-5-10-25)16(2)11-18(15)13-17-7-6-8-19(22)21(17)23/h6-8,11-12,24H,3-5,9-10,13-14H2,1-2H3. The van der Waals surface area contributed by atoms with Crippen LogP contribution >= 0.6 is 15.9 Å². The number of aryl methyl sites for hydroxylation is 2. The lowest BCUT2D eigenvalue weighted by molar-refractivity contribution is 0.243. The SMILES string of the molecule is Cc1cc(NCN2CCCCC2)c(C)cc1Cc1cccc(Br)c1F. The first-order valence-corrected chi connectivity index (χ1v) is 9.83. The van der Waals surface area contributed by atoms with E-state index in [2.05, 4.69) is 52.1 Å². The average Bonchev–Trinajstić information content (AvgIpc) is 2.61. The van der Waals surface area contributed by atoms with Crippen molar-refractivity contribution < 1.29 is 4.39 Å². The molecule has 2 nitrogen and oxygen atoms in total. The highest BCUT2D eigenvalue weighted by molar-refractivity contribution is 9.10. The minimum absolute atomic E-state index is 0.160. The van der Waals surface area contributed by atoms with Crippen LogP contribution in [0.1, 0.15) is 41.5 Å². The Kier molecular flexibility index (Phi) is 6.13. The number of anilines is 1. The van der Waals surface area contributed by atoms with Gasteiger partial charge in [0, 0.05) is 12.1 Å². The molecule has 1 N–H and O–H groups in total. The van der Waals surface area contributed by atoms with Gasteiger partial charge in [-0.2, -0.15) is 0 Å². The van der Waals surface area contributed by atoms with E-state index in [1.807, 2.05) is 12.1 Å². The summed E-state index contributed by atoms with van der Waals surface area (Å²) in [4.78, 5) is 2.48. The van der Waals surface area contributed by atoms with Crippen molar-refractivity contribution in [3.63, 3.8) is 0 Å². The molecule has 2 aromatic rings. The monoisotopic (exact) mass is 404 g/mol. The molecule has 4 heteroatoms. The molecular weight excluding hydrogens is 379 g/mol. The molecule has 0 aliphatic carbocycles. The number of piperidine rings is 1. The zero-order valence-corrected chi connectivity index (χ0v) is 16.6. The number of benzene rings is 2. The first-order valence-electron chi connectivity index (χ1n) is 9.04. The van der Waals surface area contributed by atoms with Crippen molar-refractivity contribution in [1.82, 2.24) is 4.90 Å². The second-order valence-corrected chi connectivity index (χ2v) is 7.85. The van der Waals surface area contributed by atoms with Crippen LogP contribution in [-0.4, -0.2) is 24.7 Å². The Labute approximate surface area is 158 Å². The Morgan fingerprint density at radius 2 is 1.80 bits per heavy atom. The summed E-state index contributed by atoms with van der Waals surface area (Å²) >= 11 is 3.27. The predicted octanol–water partition coefficient (Wildman–Crippen LogP) is 5.65. The molecule has 1 aliphatic heterocycles. The molecule has 2 aromatic carbocycles. The maximum Gasteiger partial charge on any atom is 0.140 e. The van der Waals surface area contributed by atoms with E-state index in [0.29, 0.717) is 10.9 Å². The molecule has 1 fully saturated rings. The van der Waals surface area contributed by atoms with Crippen molar-refractivity contribution in [3.05, 3.63) is 62.9 Å². The first kappa shape index (κ1) is 18.4. The summed E-state index contributed by atoms with van der Waals surface area (Å²) in [7, 11) is 0. The van der Waals surface area contributed by atoms with Gasteiger partial charge < -0.3 is 5.32 Å². The van der Waals surface area contributed by atoms with Crippen LogP contribution in [0, 0.1) is 19.7 Å². The fraction of sp³-hybridized carbons (Fsp3) is 0.429. The van der Waals surface area contributed by atoms with Crippen LogP contribution in [0.2, 0.25) is 0 Å². The minimum atomic E-state index is -0.160. The van der Waals surface area contributed by atoms with E-state index in [1.54, 1.807) is 6.07 Å². The number of nitrogens with zero attached hydrogens (tertiary/aromatic N) is 1. The summed E-state index contributed by atoms with van der Waals surface area (Å²) in [5, 5.41) is 3.58. The van der Waals surface area contributed by atoms with E-state index in [1.165, 1.54) is 54.7 Å². The topological polar surface area (TPSA) is 15.3 Å². The number of halogens is 2. The van der Waals surface area contributed by atoms with Crippen molar-refractivity contribution in [2.24, 2.45) is 0 Å². The van der Waals surface area contributed by atoms with E-state index in [9.17, 15) is 4.39 Å². The Morgan fingerprint density at radius 1 is 1.04 bits per heavy atom. The number of hydrogen-bond acceptors (Lipinski definition) is 2. The molecule has 0 spiro atoms. The average molecular weight is 405 g/mol. The number of hydrogen-bond donors (Lipinski definition) is 1. The largest absolute Gasteiger partial charge is 0.372 e. The molecule has 0 atom stereocenters. The van der Waals surface area contributed by atoms with Crippen molar-refractivity contribution >= 4 is 21.6 Å². The third kappa shape index (κ3) is 4.62. The van der Waals surface area contributed by atoms with Gasteiger partial charge in [-0.1, -0.05) is 24.6 Å². The summed E-state index contributed by atoms with van der Waals surface area (Å²) in [6.07, 6.45) is 4.58. The lowest BCUT2D eigenvalue weighted by Gasteiger charge is -2.27. The fourth-order valence-electron chi connectivity index (χ4n) is 3.46. The quantitative estimate of drug-likeness (QED) is 0.692. The lowest BCUT2D eigenvalue weighted by atomic mass is 9.97. The summed E-state index contributed by atoms with van der Waals surface area (Å²) in [5.41, 5.74) is 5.50. The van der Waals surface area contributed by atoms with E-state index in [4.69, 9.17) is 0 Å². The summed E-state index contributed by atoms with van der Waals surface area (Å²) in [5.74, 6) is -0.160. The lowest BCUT2D eigenvalue weighted by Crippen LogP contribution is -2.34. The van der Waals surface area contributed by atoms with Crippen LogP contribution in [0.4, 0.5) is 10.1 Å². The maximum absolute atomic E-state index is 14.3. The van der Waals surface area contributed by atoms with Crippen LogP contribution in [0.5, 0.6) is 0 Å². The van der Waals surface area contributed by atoms with Gasteiger partial charge in [0.15, 0.2) is 0 Å². The Hall–Kier alpha value is -1.39. The Balaban J connectivity index is 1.72. The molecule has 0 unspecified atom stereocenters. The molecule has 0 aromatic heterocycles. The third-order valence-electron chi connectivity index (χ3n) is 5.04. The molecular formula is C21H26BrFN2. The normalized spacial score (nSPS) is 15.4. The second kappa shape index (κ2) is 8.33. The molecule has 1 aliphatic rings. The van der Waals surface area contributed by atoms with Gasteiger partial charge in [0.2, 0.25) is 0 Å². The van der Waals surface area contributed by atoms with Gasteiger partial charge in [-0.3, -0.25) is 4.90 Å². The minimum Gasteiger partial charge on any atom is -0.372 e. The van der Waals surface area contributed by atoms with Gasteiger partial charge in [0.05, 0.1) is 11.1 Å². The Morgan fingerprint density at radius 3 is 2.56 bits per heavy atom. The van der Waals surface area contributed by atoms with Crippen LogP contribution in [0.15, 0.2) is 34.8 Å². The smallest absolute Gasteiger partial charge is 0.140 e. The van der Waals surface area contributed by atoms with Gasteiger partial charge in [-0.25, -0.2) is 4.39 Å². The van der Waals surface area contributed by atoms with Crippen molar-refractivity contribution in [1.29, 1.82) is 0 Å². The molecule has 134 valence electrons. The fourth-order valence-corrected chi connectivity index (χ4v) is 3.87. The molecule has 0 bridgehead atoms. The molecule has 0 radical (unpaired) electrons. The van der Waals surface area contributed by atoms with E-state index >= 15 is 0 Å². The highest BCUT2D eigenvalue weighted by Crippen LogP contribution is 2.26. The zero-order valence-electron chi connectivity index (χ0n) is 15.0. The van der Waals surface area contributed by atoms with Crippen LogP contribution in [0.25, 0.3) is 0 Å². The zero-order chi connectivity index (χ0) is 17.8. The Bertz CT molecular complexity index is 739. The van der Waals surface area contributed by atoms with Crippen LogP contribution in [0.3, 0.4) is 0 Å². The summed E-state index contributed by atoms with van der Waals surface area (Å²) in [6, 6.07) is 9.87. The maximum atomic E-state index is 14.3. The molecule has 1 saturated heterocycles. The molecule has 0 saturated carbocycles. The number of likely N-dealkylation sites (tertiary alicyclic amines) is 1. The van der Waals surface area contributed by atoms with Crippen LogP contribution in [-0.2, 0) is 6.42 Å². The highest BCUT2D eigenvalue weighted by atomic mass is 79.9. The number of nitrogens with one attached hydrogen (secondary N) is 1. The van der Waals surface area contributed by atoms with Gasteiger partial charge in [-0.05, 0) is 90.1 Å². The number of rotatable bonds is 5. The van der Waals surface area contributed by atoms with E-state index in [-0.39, 0.29) is 5.82 Å². The van der Waals surface area contributed by atoms with Gasteiger partial charge in [0.1, 0.15) is 5.82 Å². The van der Waals surface area contributed by atoms with E-state index < -0.39 is 0 Å². The van der Waals surface area contributed by atoms with Crippen molar-refractivity contribution in [2.45, 2.75) is 39.5 Å². The van der Waals surface area contributed by atoms with E-state index in [0.717, 1.165) is 12.2 Å². The summed E-state index contributed by atoms with van der Waals surface area (Å²) < 4.78 is 14.8. The van der Waals surface area contributed by atoms with Gasteiger partial charge >= 0.3 is 0 Å². The van der Waals surface area contributed by atoms with Crippen molar-refractivity contribution in [3.8, 4) is 0 Å². The molecule has 25 heavy (non-hydrogen) atoms.